The monoisotopic (exact) mass is 292 g/mol. The maximum absolute atomic E-state index is 12.1. The second-order valence-electron chi connectivity index (χ2n) is 6.11. The van der Waals surface area contributed by atoms with Crippen molar-refractivity contribution in [2.45, 2.75) is 67.3 Å². The van der Waals surface area contributed by atoms with Gasteiger partial charge in [0.05, 0.1) is 5.25 Å². The van der Waals surface area contributed by atoms with Crippen molar-refractivity contribution in [2.75, 3.05) is 6.54 Å². The summed E-state index contributed by atoms with van der Waals surface area (Å²) in [5, 5.41) is 12.8. The van der Waals surface area contributed by atoms with E-state index in [0.717, 1.165) is 31.0 Å². The standard InChI is InChI=1S/C14H20N4OS/c19-13-11(3-1-2-8-15-13)20-14-17-16-12(9-4-5-9)18(14)10-6-7-10/h9-11H,1-8H2,(H,15,19)/t11-/m0/s1. The molecule has 2 aliphatic carbocycles. The van der Waals surface area contributed by atoms with Gasteiger partial charge < -0.3 is 9.88 Å². The first-order valence-electron chi connectivity index (χ1n) is 7.72. The van der Waals surface area contributed by atoms with Crippen molar-refractivity contribution >= 4 is 17.7 Å². The highest BCUT2D eigenvalue weighted by Gasteiger charge is 2.37. The van der Waals surface area contributed by atoms with Crippen molar-refractivity contribution in [2.24, 2.45) is 0 Å². The summed E-state index contributed by atoms with van der Waals surface area (Å²) in [5.74, 6) is 1.97. The molecule has 5 nitrogen and oxygen atoms in total. The summed E-state index contributed by atoms with van der Waals surface area (Å²) in [6.07, 6.45) is 8.13. The number of hydrogen-bond donors (Lipinski definition) is 1. The third-order valence-corrected chi connectivity index (χ3v) is 5.50. The quantitative estimate of drug-likeness (QED) is 0.924. The molecule has 0 radical (unpaired) electrons. The second kappa shape index (κ2) is 5.06. The number of hydrogen-bond acceptors (Lipinski definition) is 4. The zero-order valence-corrected chi connectivity index (χ0v) is 12.4. The zero-order valence-electron chi connectivity index (χ0n) is 11.5. The van der Waals surface area contributed by atoms with Crippen LogP contribution in [0.5, 0.6) is 0 Å². The van der Waals surface area contributed by atoms with Gasteiger partial charge >= 0.3 is 0 Å². The minimum Gasteiger partial charge on any atom is -0.355 e. The Morgan fingerprint density at radius 1 is 1.10 bits per heavy atom. The molecule has 4 rings (SSSR count). The molecular formula is C14H20N4OS. The topological polar surface area (TPSA) is 59.8 Å². The molecule has 1 N–H and O–H groups in total. The van der Waals surface area contributed by atoms with E-state index in [-0.39, 0.29) is 11.2 Å². The molecule has 3 aliphatic rings. The normalized spacial score (nSPS) is 27.2. The third-order valence-electron chi connectivity index (χ3n) is 4.28. The van der Waals surface area contributed by atoms with E-state index in [1.807, 2.05) is 0 Å². The number of rotatable bonds is 4. The summed E-state index contributed by atoms with van der Waals surface area (Å²) >= 11 is 1.62. The van der Waals surface area contributed by atoms with Gasteiger partial charge in [-0.05, 0) is 38.5 Å². The summed E-state index contributed by atoms with van der Waals surface area (Å²) < 4.78 is 2.33. The van der Waals surface area contributed by atoms with Gasteiger partial charge in [-0.15, -0.1) is 10.2 Å². The molecule has 1 aromatic heterocycles. The molecule has 2 heterocycles. The van der Waals surface area contributed by atoms with Crippen LogP contribution in [0, 0.1) is 0 Å². The fraction of sp³-hybridized carbons (Fsp3) is 0.786. The van der Waals surface area contributed by atoms with Gasteiger partial charge in [0.25, 0.3) is 0 Å². The molecule has 20 heavy (non-hydrogen) atoms. The lowest BCUT2D eigenvalue weighted by molar-refractivity contribution is -0.120. The molecule has 0 bridgehead atoms. The van der Waals surface area contributed by atoms with E-state index in [0.29, 0.717) is 12.0 Å². The maximum atomic E-state index is 12.1. The van der Waals surface area contributed by atoms with Crippen molar-refractivity contribution in [3.8, 4) is 0 Å². The van der Waals surface area contributed by atoms with Crippen molar-refractivity contribution < 1.29 is 4.79 Å². The molecule has 1 aromatic rings. The third kappa shape index (κ3) is 2.45. The predicted octanol–water partition coefficient (Wildman–Crippen LogP) is 2.25. The van der Waals surface area contributed by atoms with E-state index in [4.69, 9.17) is 0 Å². The van der Waals surface area contributed by atoms with Crippen LogP contribution in [0.15, 0.2) is 5.16 Å². The zero-order chi connectivity index (χ0) is 13.5. The lowest BCUT2D eigenvalue weighted by atomic mass is 10.2. The highest BCUT2D eigenvalue weighted by atomic mass is 32.2. The average Bonchev–Trinajstić information content (AvgIpc) is 3.33. The van der Waals surface area contributed by atoms with Crippen LogP contribution in [0.25, 0.3) is 0 Å². The Morgan fingerprint density at radius 2 is 1.95 bits per heavy atom. The van der Waals surface area contributed by atoms with Crippen LogP contribution in [0.1, 0.15) is 62.7 Å². The van der Waals surface area contributed by atoms with Crippen LogP contribution in [0.3, 0.4) is 0 Å². The maximum Gasteiger partial charge on any atom is 0.233 e. The number of nitrogens with zero attached hydrogens (tertiary/aromatic N) is 3. The molecule has 0 aromatic carbocycles. The molecule has 2 saturated carbocycles. The number of nitrogens with one attached hydrogen (secondary N) is 1. The number of amides is 1. The van der Waals surface area contributed by atoms with Crippen LogP contribution in [-0.2, 0) is 4.79 Å². The van der Waals surface area contributed by atoms with Gasteiger partial charge in [-0.25, -0.2) is 0 Å². The minimum atomic E-state index is 0.00579. The largest absolute Gasteiger partial charge is 0.355 e. The van der Waals surface area contributed by atoms with Crippen LogP contribution in [0.2, 0.25) is 0 Å². The van der Waals surface area contributed by atoms with Gasteiger partial charge in [0.1, 0.15) is 5.82 Å². The Morgan fingerprint density at radius 3 is 2.70 bits per heavy atom. The summed E-state index contributed by atoms with van der Waals surface area (Å²) in [7, 11) is 0. The molecule has 1 aliphatic heterocycles. The Kier molecular flexibility index (Phi) is 3.21. The van der Waals surface area contributed by atoms with E-state index >= 15 is 0 Å². The molecule has 1 amide bonds. The van der Waals surface area contributed by atoms with E-state index in [1.54, 1.807) is 11.8 Å². The van der Waals surface area contributed by atoms with Gasteiger partial charge in [-0.1, -0.05) is 18.2 Å². The molecule has 6 heteroatoms. The molecule has 0 spiro atoms. The van der Waals surface area contributed by atoms with Crippen molar-refractivity contribution in [3.63, 3.8) is 0 Å². The van der Waals surface area contributed by atoms with Crippen molar-refractivity contribution in [1.82, 2.24) is 20.1 Å². The average molecular weight is 292 g/mol. The van der Waals surface area contributed by atoms with Crippen molar-refractivity contribution in [3.05, 3.63) is 5.82 Å². The summed E-state index contributed by atoms with van der Waals surface area (Å²) in [4.78, 5) is 12.1. The second-order valence-corrected chi connectivity index (χ2v) is 7.28. The predicted molar refractivity (Wildman–Crippen MR) is 76.8 cm³/mol. The van der Waals surface area contributed by atoms with E-state index in [9.17, 15) is 4.79 Å². The van der Waals surface area contributed by atoms with Gasteiger partial charge in [0.2, 0.25) is 5.91 Å². The van der Waals surface area contributed by atoms with Gasteiger partial charge in [0.15, 0.2) is 5.16 Å². The number of carbonyl (C=O) groups excluding carboxylic acids is 1. The van der Waals surface area contributed by atoms with Gasteiger partial charge in [-0.3, -0.25) is 4.79 Å². The summed E-state index contributed by atoms with van der Waals surface area (Å²) in [6.45, 7) is 0.818. The smallest absolute Gasteiger partial charge is 0.233 e. The molecule has 1 saturated heterocycles. The molecule has 3 fully saturated rings. The molecule has 108 valence electrons. The van der Waals surface area contributed by atoms with E-state index in [1.165, 1.54) is 31.5 Å². The summed E-state index contributed by atoms with van der Waals surface area (Å²) in [5.41, 5.74) is 0. The summed E-state index contributed by atoms with van der Waals surface area (Å²) in [6, 6.07) is 0.594. The molecular weight excluding hydrogens is 272 g/mol. The lowest BCUT2D eigenvalue weighted by Gasteiger charge is -2.13. The first kappa shape index (κ1) is 12.7. The fourth-order valence-corrected chi connectivity index (χ4v) is 3.99. The first-order chi connectivity index (χ1) is 9.83. The highest BCUT2D eigenvalue weighted by Crippen LogP contribution is 2.46. The van der Waals surface area contributed by atoms with Crippen LogP contribution < -0.4 is 5.32 Å². The Balaban J connectivity index is 1.56. The van der Waals surface area contributed by atoms with E-state index in [2.05, 4.69) is 20.1 Å². The first-order valence-corrected chi connectivity index (χ1v) is 8.60. The Labute approximate surface area is 122 Å². The Bertz CT molecular complexity index is 521. The van der Waals surface area contributed by atoms with Crippen LogP contribution in [0.4, 0.5) is 0 Å². The lowest BCUT2D eigenvalue weighted by Crippen LogP contribution is -2.30. The Hall–Kier alpha value is -1.04. The van der Waals surface area contributed by atoms with Crippen LogP contribution in [-0.4, -0.2) is 32.5 Å². The van der Waals surface area contributed by atoms with Crippen molar-refractivity contribution in [1.29, 1.82) is 0 Å². The minimum absolute atomic E-state index is 0.00579. The molecule has 0 unspecified atom stereocenters. The van der Waals surface area contributed by atoms with Gasteiger partial charge in [-0.2, -0.15) is 0 Å². The number of thioether (sulfide) groups is 1. The highest BCUT2D eigenvalue weighted by molar-refractivity contribution is 8.00. The van der Waals surface area contributed by atoms with Crippen LogP contribution >= 0.6 is 11.8 Å². The van der Waals surface area contributed by atoms with E-state index < -0.39 is 0 Å². The van der Waals surface area contributed by atoms with Gasteiger partial charge in [0, 0.05) is 18.5 Å². The number of aromatic nitrogens is 3. The fourth-order valence-electron chi connectivity index (χ4n) is 2.82. The SMILES string of the molecule is O=C1NCCCC[C@@H]1Sc1nnc(C2CC2)n1C1CC1. The molecule has 1 atom stereocenters. The number of carbonyl (C=O) groups is 1.